The highest BCUT2D eigenvalue weighted by atomic mass is 32.1. The second-order valence-electron chi connectivity index (χ2n) is 7.09. The molecule has 0 amide bonds. The van der Waals surface area contributed by atoms with E-state index in [1.165, 1.54) is 33.6 Å². The summed E-state index contributed by atoms with van der Waals surface area (Å²) in [5, 5.41) is 4.93. The summed E-state index contributed by atoms with van der Waals surface area (Å²) in [6.07, 6.45) is 2.55. The number of piperidine rings is 1. The predicted octanol–water partition coefficient (Wildman–Crippen LogP) is 4.02. The molecule has 3 nitrogen and oxygen atoms in total. The summed E-state index contributed by atoms with van der Waals surface area (Å²) in [7, 11) is 4.25. The molecule has 0 saturated carbocycles. The first kappa shape index (κ1) is 15.9. The van der Waals surface area contributed by atoms with E-state index in [9.17, 15) is 0 Å². The van der Waals surface area contributed by atoms with E-state index in [-0.39, 0.29) is 0 Å². The summed E-state index contributed by atoms with van der Waals surface area (Å²) in [6.45, 7) is 6.77. The van der Waals surface area contributed by atoms with Gasteiger partial charge >= 0.3 is 0 Å². The molecule has 3 rings (SSSR count). The second kappa shape index (κ2) is 6.65. The fourth-order valence-electron chi connectivity index (χ4n) is 3.30. The van der Waals surface area contributed by atoms with E-state index in [1.54, 1.807) is 0 Å². The van der Waals surface area contributed by atoms with E-state index in [1.807, 2.05) is 11.3 Å². The largest absolute Gasteiger partial charge is 0.310 e. The molecule has 2 heterocycles. The van der Waals surface area contributed by atoms with Gasteiger partial charge in [0.25, 0.3) is 0 Å². The van der Waals surface area contributed by atoms with Gasteiger partial charge in [-0.2, -0.15) is 0 Å². The number of nitrogens with one attached hydrogen (secondary N) is 1. The molecule has 1 fully saturated rings. The van der Waals surface area contributed by atoms with Crippen molar-refractivity contribution < 1.29 is 0 Å². The first-order chi connectivity index (χ1) is 10.5. The Morgan fingerprint density at radius 1 is 1.36 bits per heavy atom. The summed E-state index contributed by atoms with van der Waals surface area (Å²) in [5.41, 5.74) is 2.57. The van der Waals surface area contributed by atoms with Gasteiger partial charge < -0.3 is 10.2 Å². The molecule has 1 aliphatic rings. The number of fused-ring (bicyclic) bond motifs is 1. The Labute approximate surface area is 137 Å². The van der Waals surface area contributed by atoms with Crippen LogP contribution < -0.4 is 5.32 Å². The van der Waals surface area contributed by atoms with Crippen LogP contribution in [0, 0.1) is 5.92 Å². The third-order valence-electron chi connectivity index (χ3n) is 4.55. The number of thiazole rings is 1. The molecule has 1 aliphatic heterocycles. The average Bonchev–Trinajstić information content (AvgIpc) is 2.90. The molecule has 120 valence electrons. The summed E-state index contributed by atoms with van der Waals surface area (Å²) in [5.74, 6) is 1.29. The van der Waals surface area contributed by atoms with Gasteiger partial charge in [-0.15, -0.1) is 11.3 Å². The number of rotatable bonds is 4. The monoisotopic (exact) mass is 317 g/mol. The Balaban J connectivity index is 1.81. The molecule has 3 atom stereocenters. The van der Waals surface area contributed by atoms with Crippen LogP contribution in [-0.4, -0.2) is 37.1 Å². The minimum absolute atomic E-state index is 0.490. The fraction of sp³-hybridized carbons (Fsp3) is 0.611. The molecule has 0 aliphatic carbocycles. The molecular weight excluding hydrogens is 290 g/mol. The van der Waals surface area contributed by atoms with E-state index in [4.69, 9.17) is 4.98 Å². The maximum atomic E-state index is 4.90. The van der Waals surface area contributed by atoms with Crippen molar-refractivity contribution in [1.29, 1.82) is 0 Å². The van der Waals surface area contributed by atoms with Crippen molar-refractivity contribution in [3.8, 4) is 0 Å². The number of hydrogen-bond acceptors (Lipinski definition) is 4. The highest BCUT2D eigenvalue weighted by Crippen LogP contribution is 2.32. The van der Waals surface area contributed by atoms with Crippen molar-refractivity contribution in [1.82, 2.24) is 15.2 Å². The van der Waals surface area contributed by atoms with E-state index < -0.39 is 0 Å². The minimum Gasteiger partial charge on any atom is -0.310 e. The molecule has 0 spiro atoms. The lowest BCUT2D eigenvalue weighted by atomic mass is 9.92. The van der Waals surface area contributed by atoms with Gasteiger partial charge in [0.15, 0.2) is 0 Å². The van der Waals surface area contributed by atoms with Crippen molar-refractivity contribution in [2.75, 3.05) is 27.2 Å². The predicted molar refractivity (Wildman–Crippen MR) is 95.7 cm³/mol. The number of hydrogen-bond donors (Lipinski definition) is 1. The minimum atomic E-state index is 0.490. The SMILES string of the molecule is CC(CN(C)C)c1nc2cc([C@H]3CC[C@H](C)CN3)ccc2s1. The second-order valence-corrected chi connectivity index (χ2v) is 8.15. The Morgan fingerprint density at radius 2 is 2.18 bits per heavy atom. The molecule has 1 unspecified atom stereocenters. The summed E-state index contributed by atoms with van der Waals surface area (Å²) in [4.78, 5) is 7.13. The molecule has 0 bridgehead atoms. The molecule has 1 aromatic carbocycles. The molecule has 0 radical (unpaired) electrons. The zero-order valence-corrected chi connectivity index (χ0v) is 14.9. The Morgan fingerprint density at radius 3 is 2.86 bits per heavy atom. The van der Waals surface area contributed by atoms with Crippen molar-refractivity contribution in [2.45, 2.75) is 38.6 Å². The first-order valence-corrected chi connectivity index (χ1v) is 9.13. The zero-order chi connectivity index (χ0) is 15.7. The van der Waals surface area contributed by atoms with Crippen molar-refractivity contribution in [3.63, 3.8) is 0 Å². The topological polar surface area (TPSA) is 28.2 Å². The zero-order valence-electron chi connectivity index (χ0n) is 14.1. The summed E-state index contributed by atoms with van der Waals surface area (Å²) < 4.78 is 1.31. The van der Waals surface area contributed by atoms with Crippen molar-refractivity contribution >= 4 is 21.6 Å². The Hall–Kier alpha value is -0.970. The molecule has 22 heavy (non-hydrogen) atoms. The lowest BCUT2D eigenvalue weighted by Crippen LogP contribution is -2.31. The first-order valence-electron chi connectivity index (χ1n) is 8.31. The highest BCUT2D eigenvalue weighted by molar-refractivity contribution is 7.18. The molecule has 1 saturated heterocycles. The van der Waals surface area contributed by atoms with Gasteiger partial charge in [-0.05, 0) is 57.1 Å². The van der Waals surface area contributed by atoms with E-state index in [2.05, 4.69) is 56.4 Å². The number of aromatic nitrogens is 1. The van der Waals surface area contributed by atoms with Gasteiger partial charge in [0.05, 0.1) is 15.2 Å². The maximum absolute atomic E-state index is 4.90. The maximum Gasteiger partial charge on any atom is 0.0979 e. The van der Waals surface area contributed by atoms with Gasteiger partial charge in [-0.25, -0.2) is 4.98 Å². The summed E-state index contributed by atoms with van der Waals surface area (Å²) in [6, 6.07) is 7.35. The van der Waals surface area contributed by atoms with E-state index in [0.29, 0.717) is 12.0 Å². The third kappa shape index (κ3) is 3.50. The van der Waals surface area contributed by atoms with Crippen molar-refractivity contribution in [3.05, 3.63) is 28.8 Å². The van der Waals surface area contributed by atoms with Crippen LogP contribution in [0.2, 0.25) is 0 Å². The molecular formula is C18H27N3S. The molecule has 1 aromatic heterocycles. The van der Waals surface area contributed by atoms with Gasteiger partial charge in [0, 0.05) is 18.5 Å². The highest BCUT2D eigenvalue weighted by Gasteiger charge is 2.20. The Bertz CT molecular complexity index is 626. The number of nitrogens with zero attached hydrogens (tertiary/aromatic N) is 2. The van der Waals surface area contributed by atoms with Crippen LogP contribution in [0.5, 0.6) is 0 Å². The molecule has 1 N–H and O–H groups in total. The normalized spacial score (nSPS) is 24.0. The van der Waals surface area contributed by atoms with Crippen LogP contribution in [0.4, 0.5) is 0 Å². The van der Waals surface area contributed by atoms with Crippen LogP contribution in [0.1, 0.15) is 49.2 Å². The lowest BCUT2D eigenvalue weighted by Gasteiger charge is -2.28. The van der Waals surface area contributed by atoms with Crippen LogP contribution in [0.25, 0.3) is 10.2 Å². The van der Waals surface area contributed by atoms with Crippen LogP contribution in [0.3, 0.4) is 0 Å². The molecule has 2 aromatic rings. The standard InChI is InChI=1S/C18H27N3S/c1-12-5-7-15(19-10-12)14-6-8-17-16(9-14)20-18(22-17)13(2)11-21(3)4/h6,8-9,12-13,15,19H,5,7,10-11H2,1-4H3/t12-,13?,15+/m0/s1. The van der Waals surface area contributed by atoms with Crippen molar-refractivity contribution in [2.24, 2.45) is 5.92 Å². The van der Waals surface area contributed by atoms with Gasteiger partial charge in [-0.1, -0.05) is 19.9 Å². The molecule has 4 heteroatoms. The van der Waals surface area contributed by atoms with E-state index in [0.717, 1.165) is 19.0 Å². The third-order valence-corrected chi connectivity index (χ3v) is 5.82. The van der Waals surface area contributed by atoms with Crippen LogP contribution >= 0.6 is 11.3 Å². The van der Waals surface area contributed by atoms with Gasteiger partial charge in [-0.3, -0.25) is 0 Å². The quantitative estimate of drug-likeness (QED) is 0.923. The summed E-state index contributed by atoms with van der Waals surface area (Å²) >= 11 is 1.84. The Kier molecular flexibility index (Phi) is 4.81. The number of benzene rings is 1. The number of likely N-dealkylation sites (N-methyl/N-ethyl adjacent to an activating group) is 1. The smallest absolute Gasteiger partial charge is 0.0979 e. The van der Waals surface area contributed by atoms with Gasteiger partial charge in [0.1, 0.15) is 0 Å². The lowest BCUT2D eigenvalue weighted by molar-refractivity contribution is 0.333. The van der Waals surface area contributed by atoms with Crippen LogP contribution in [0.15, 0.2) is 18.2 Å². The fourth-order valence-corrected chi connectivity index (χ4v) is 4.29. The average molecular weight is 318 g/mol. The van der Waals surface area contributed by atoms with Gasteiger partial charge in [0.2, 0.25) is 0 Å². The van der Waals surface area contributed by atoms with Crippen LogP contribution in [-0.2, 0) is 0 Å². The van der Waals surface area contributed by atoms with E-state index >= 15 is 0 Å².